The molecule has 3 aromatic rings. The van der Waals surface area contributed by atoms with Crippen molar-refractivity contribution in [2.75, 3.05) is 18.0 Å². The number of benzene rings is 2. The van der Waals surface area contributed by atoms with Crippen molar-refractivity contribution in [3.8, 4) is 5.69 Å². The van der Waals surface area contributed by atoms with Gasteiger partial charge in [-0.15, -0.1) is 0 Å². The number of oxazole rings is 1. The third kappa shape index (κ3) is 3.11. The van der Waals surface area contributed by atoms with Crippen molar-refractivity contribution >= 4 is 28.8 Å². The van der Waals surface area contributed by atoms with Gasteiger partial charge in [0, 0.05) is 6.92 Å². The van der Waals surface area contributed by atoms with E-state index in [0.29, 0.717) is 11.1 Å². The second-order valence-electron chi connectivity index (χ2n) is 6.36. The average molecular weight is 385 g/mol. The van der Waals surface area contributed by atoms with Crippen LogP contribution >= 0.6 is 0 Å². The number of aromatic nitrogens is 1. The summed E-state index contributed by atoms with van der Waals surface area (Å²) in [5.41, 5.74) is 1.09. The summed E-state index contributed by atoms with van der Waals surface area (Å²) in [6, 6.07) is 10.8. The molecule has 144 valence electrons. The van der Waals surface area contributed by atoms with E-state index in [2.05, 4.69) is 5.32 Å². The summed E-state index contributed by atoms with van der Waals surface area (Å²) >= 11 is 0. The first-order valence-corrected chi connectivity index (χ1v) is 8.57. The fourth-order valence-corrected chi connectivity index (χ4v) is 3.14. The monoisotopic (exact) mass is 385 g/mol. The SMILES string of the molecule is CC(=O)NC[C@H]1CN(c2ccc(-n3c(=O)oc4ccccc43)c(F)c2)C(=O)O1. The third-order valence-electron chi connectivity index (χ3n) is 4.42. The highest BCUT2D eigenvalue weighted by molar-refractivity contribution is 5.90. The number of ether oxygens (including phenoxy) is 1. The maximum atomic E-state index is 14.8. The molecule has 0 aliphatic carbocycles. The van der Waals surface area contributed by atoms with Crippen molar-refractivity contribution in [1.82, 2.24) is 9.88 Å². The highest BCUT2D eigenvalue weighted by atomic mass is 19.1. The normalized spacial score (nSPS) is 16.4. The van der Waals surface area contributed by atoms with Gasteiger partial charge in [-0.25, -0.2) is 18.5 Å². The van der Waals surface area contributed by atoms with Crippen LogP contribution < -0.4 is 16.0 Å². The Morgan fingerprint density at radius 2 is 2.04 bits per heavy atom. The van der Waals surface area contributed by atoms with Crippen molar-refractivity contribution < 1.29 is 23.1 Å². The van der Waals surface area contributed by atoms with E-state index in [1.165, 1.54) is 24.0 Å². The number of hydrogen-bond donors (Lipinski definition) is 1. The fraction of sp³-hybridized carbons (Fsp3) is 0.211. The zero-order chi connectivity index (χ0) is 19.8. The topological polar surface area (TPSA) is 93.8 Å². The second-order valence-corrected chi connectivity index (χ2v) is 6.36. The summed E-state index contributed by atoms with van der Waals surface area (Å²) in [4.78, 5) is 36.5. The first-order valence-electron chi connectivity index (χ1n) is 8.57. The maximum Gasteiger partial charge on any atom is 0.424 e. The van der Waals surface area contributed by atoms with Gasteiger partial charge in [-0.05, 0) is 30.3 Å². The van der Waals surface area contributed by atoms with Gasteiger partial charge >= 0.3 is 11.8 Å². The molecule has 9 heteroatoms. The molecule has 0 radical (unpaired) electrons. The van der Waals surface area contributed by atoms with E-state index in [0.717, 1.165) is 10.6 Å². The van der Waals surface area contributed by atoms with Gasteiger partial charge in [-0.1, -0.05) is 12.1 Å². The summed E-state index contributed by atoms with van der Waals surface area (Å²) in [6.45, 7) is 1.71. The van der Waals surface area contributed by atoms with Crippen LogP contribution in [-0.2, 0) is 9.53 Å². The van der Waals surface area contributed by atoms with Crippen LogP contribution in [0.5, 0.6) is 0 Å². The number of rotatable bonds is 4. The molecule has 2 heterocycles. The number of carbonyl (C=O) groups is 2. The number of anilines is 1. The molecule has 1 aromatic heterocycles. The number of amides is 2. The lowest BCUT2D eigenvalue weighted by molar-refractivity contribution is -0.119. The molecule has 0 bridgehead atoms. The van der Waals surface area contributed by atoms with Gasteiger partial charge < -0.3 is 14.5 Å². The molecule has 8 nitrogen and oxygen atoms in total. The summed E-state index contributed by atoms with van der Waals surface area (Å²) in [6.07, 6.45) is -1.16. The summed E-state index contributed by atoms with van der Waals surface area (Å²) in [5.74, 6) is -1.63. The standard InChI is InChI=1S/C19H16FN3O5/c1-11(24)21-9-13-10-22(18(25)27-13)12-6-7-15(14(20)8-12)23-16-4-2-3-5-17(16)28-19(23)26/h2-8,13H,9-10H2,1H3,(H,21,24)/t13-/m0/s1. The number of cyclic esters (lactones) is 1. The smallest absolute Gasteiger partial charge is 0.424 e. The molecule has 1 N–H and O–H groups in total. The van der Waals surface area contributed by atoms with Crippen LogP contribution in [0.4, 0.5) is 14.9 Å². The Morgan fingerprint density at radius 3 is 2.79 bits per heavy atom. The van der Waals surface area contributed by atoms with Crippen molar-refractivity contribution in [2.45, 2.75) is 13.0 Å². The van der Waals surface area contributed by atoms with Gasteiger partial charge in [-0.3, -0.25) is 9.69 Å². The largest absolute Gasteiger partial charge is 0.442 e. The van der Waals surface area contributed by atoms with Crippen LogP contribution in [0.15, 0.2) is 51.7 Å². The van der Waals surface area contributed by atoms with Crippen molar-refractivity contribution in [3.05, 3.63) is 58.8 Å². The zero-order valence-electron chi connectivity index (χ0n) is 14.8. The molecule has 2 aromatic carbocycles. The molecular formula is C19H16FN3O5. The minimum absolute atomic E-state index is 0.0149. The van der Waals surface area contributed by atoms with Gasteiger partial charge in [0.15, 0.2) is 5.58 Å². The van der Waals surface area contributed by atoms with E-state index in [-0.39, 0.29) is 30.4 Å². The number of fused-ring (bicyclic) bond motifs is 1. The quantitative estimate of drug-likeness (QED) is 0.743. The van der Waals surface area contributed by atoms with Gasteiger partial charge in [0.1, 0.15) is 11.9 Å². The molecule has 0 spiro atoms. The fourth-order valence-electron chi connectivity index (χ4n) is 3.14. The van der Waals surface area contributed by atoms with E-state index in [1.54, 1.807) is 24.3 Å². The molecule has 2 amide bonds. The van der Waals surface area contributed by atoms with E-state index in [9.17, 15) is 18.8 Å². The Hall–Kier alpha value is -3.62. The van der Waals surface area contributed by atoms with Crippen LogP contribution in [0.1, 0.15) is 6.92 Å². The molecule has 0 unspecified atom stereocenters. The molecule has 1 aliphatic heterocycles. The molecule has 1 fully saturated rings. The highest BCUT2D eigenvalue weighted by Gasteiger charge is 2.32. The van der Waals surface area contributed by atoms with E-state index < -0.39 is 23.8 Å². The molecule has 28 heavy (non-hydrogen) atoms. The van der Waals surface area contributed by atoms with Crippen molar-refractivity contribution in [2.24, 2.45) is 0 Å². The van der Waals surface area contributed by atoms with Crippen molar-refractivity contribution in [1.29, 1.82) is 0 Å². The molecule has 4 rings (SSSR count). The number of nitrogens with zero attached hydrogens (tertiary/aromatic N) is 2. The summed E-state index contributed by atoms with van der Waals surface area (Å²) in [7, 11) is 0. The minimum atomic E-state index is -0.705. The minimum Gasteiger partial charge on any atom is -0.442 e. The first-order chi connectivity index (χ1) is 13.4. The van der Waals surface area contributed by atoms with E-state index in [4.69, 9.17) is 9.15 Å². The van der Waals surface area contributed by atoms with E-state index >= 15 is 0 Å². The van der Waals surface area contributed by atoms with Gasteiger partial charge in [-0.2, -0.15) is 0 Å². The Kier molecular flexibility index (Phi) is 4.34. The molecule has 1 saturated heterocycles. The van der Waals surface area contributed by atoms with Crippen LogP contribution in [0.2, 0.25) is 0 Å². The summed E-state index contributed by atoms with van der Waals surface area (Å²) in [5, 5.41) is 2.58. The van der Waals surface area contributed by atoms with Gasteiger partial charge in [0.2, 0.25) is 5.91 Å². The van der Waals surface area contributed by atoms with Crippen LogP contribution in [0.25, 0.3) is 16.8 Å². The number of hydrogen-bond acceptors (Lipinski definition) is 5. The van der Waals surface area contributed by atoms with Crippen LogP contribution in [0.3, 0.4) is 0 Å². The lowest BCUT2D eigenvalue weighted by atomic mass is 10.2. The molecule has 1 aliphatic rings. The predicted molar refractivity (Wildman–Crippen MR) is 98.1 cm³/mol. The Bertz CT molecular complexity index is 1140. The lowest BCUT2D eigenvalue weighted by Gasteiger charge is -2.14. The van der Waals surface area contributed by atoms with Crippen molar-refractivity contribution in [3.63, 3.8) is 0 Å². The van der Waals surface area contributed by atoms with Gasteiger partial charge in [0.05, 0.1) is 30.0 Å². The maximum absolute atomic E-state index is 14.8. The molecular weight excluding hydrogens is 369 g/mol. The Morgan fingerprint density at radius 1 is 1.25 bits per heavy atom. The number of carbonyl (C=O) groups excluding carboxylic acids is 2. The molecule has 1 atom stereocenters. The zero-order valence-corrected chi connectivity index (χ0v) is 14.8. The van der Waals surface area contributed by atoms with E-state index in [1.807, 2.05) is 0 Å². The van der Waals surface area contributed by atoms with Crippen LogP contribution in [0, 0.1) is 5.82 Å². The first kappa shape index (κ1) is 17.8. The summed E-state index contributed by atoms with van der Waals surface area (Å²) < 4.78 is 26.3. The number of para-hydroxylation sites is 2. The lowest BCUT2D eigenvalue weighted by Crippen LogP contribution is -2.33. The third-order valence-corrected chi connectivity index (χ3v) is 4.42. The number of nitrogens with one attached hydrogen (secondary N) is 1. The Labute approximate surface area is 158 Å². The van der Waals surface area contributed by atoms with Gasteiger partial charge in [0.25, 0.3) is 0 Å². The Balaban J connectivity index is 1.63. The van der Waals surface area contributed by atoms with Crippen LogP contribution in [-0.4, -0.2) is 35.8 Å². The molecule has 0 saturated carbocycles. The second kappa shape index (κ2) is 6.84. The predicted octanol–water partition coefficient (Wildman–Crippen LogP) is 2.18. The highest BCUT2D eigenvalue weighted by Crippen LogP contribution is 2.26. The number of halogens is 1. The average Bonchev–Trinajstić information content (AvgIpc) is 3.19.